The molecule has 0 atom stereocenters. The normalized spacial score (nSPS) is 14.1. The number of benzene rings is 1. The summed E-state index contributed by atoms with van der Waals surface area (Å²) in [5.74, 6) is 0. The lowest BCUT2D eigenvalue weighted by atomic mass is 10.3. The second kappa shape index (κ2) is 7.99. The van der Waals surface area contributed by atoms with Gasteiger partial charge in [-0.2, -0.15) is 0 Å². The van der Waals surface area contributed by atoms with Crippen molar-refractivity contribution in [2.75, 3.05) is 37.9 Å². The fourth-order valence-electron chi connectivity index (χ4n) is 1.95. The highest BCUT2D eigenvalue weighted by atomic mass is 16.5. The highest BCUT2D eigenvalue weighted by Gasteiger charge is 2.22. The first-order chi connectivity index (χ1) is 10.7. The molecule has 0 saturated carbocycles. The molecule has 1 aromatic carbocycles. The minimum atomic E-state index is -0.583. The van der Waals surface area contributed by atoms with Crippen LogP contribution in [0, 0.1) is 0 Å². The molecule has 0 aliphatic carbocycles. The van der Waals surface area contributed by atoms with Crippen molar-refractivity contribution in [1.29, 1.82) is 0 Å². The lowest BCUT2D eigenvalue weighted by molar-refractivity contribution is -0.107. The minimum Gasteiger partial charge on any atom is -0.378 e. The van der Waals surface area contributed by atoms with Crippen LogP contribution in [0.25, 0.3) is 0 Å². The number of aldehydes is 1. The molecule has 1 fully saturated rings. The zero-order chi connectivity index (χ0) is 15.8. The SMILES string of the molecule is O=CCNC(=O)N(NC(=O)N1CCOCC1)c1ccccc1. The van der Waals surface area contributed by atoms with Gasteiger partial charge in [0.05, 0.1) is 25.4 Å². The maximum Gasteiger partial charge on any atom is 0.341 e. The predicted molar refractivity (Wildman–Crippen MR) is 79.3 cm³/mol. The second-order valence-electron chi connectivity index (χ2n) is 4.54. The Morgan fingerprint density at radius 1 is 1.23 bits per heavy atom. The average molecular weight is 306 g/mol. The van der Waals surface area contributed by atoms with Crippen molar-refractivity contribution in [3.8, 4) is 0 Å². The molecule has 1 aliphatic heterocycles. The Morgan fingerprint density at radius 2 is 1.91 bits per heavy atom. The van der Waals surface area contributed by atoms with Crippen LogP contribution in [0.1, 0.15) is 0 Å². The largest absolute Gasteiger partial charge is 0.378 e. The van der Waals surface area contributed by atoms with Crippen LogP contribution in [-0.4, -0.2) is 56.1 Å². The summed E-state index contributed by atoms with van der Waals surface area (Å²) in [6.07, 6.45) is 0.574. The van der Waals surface area contributed by atoms with Crippen molar-refractivity contribution in [1.82, 2.24) is 15.6 Å². The Kier molecular flexibility index (Phi) is 5.73. The number of urea groups is 2. The molecule has 1 heterocycles. The van der Waals surface area contributed by atoms with Gasteiger partial charge >= 0.3 is 12.1 Å². The van der Waals surface area contributed by atoms with Gasteiger partial charge in [0.25, 0.3) is 0 Å². The molecule has 1 aromatic rings. The first-order valence-corrected chi connectivity index (χ1v) is 6.92. The molecule has 2 N–H and O–H groups in total. The number of para-hydroxylation sites is 1. The van der Waals surface area contributed by atoms with Gasteiger partial charge in [-0.3, -0.25) is 0 Å². The summed E-state index contributed by atoms with van der Waals surface area (Å²) < 4.78 is 5.19. The molecule has 0 unspecified atom stereocenters. The number of hydrazine groups is 1. The van der Waals surface area contributed by atoms with Crippen molar-refractivity contribution < 1.29 is 19.1 Å². The molecule has 1 saturated heterocycles. The summed E-state index contributed by atoms with van der Waals surface area (Å²) in [5, 5.41) is 3.48. The fraction of sp³-hybridized carbons (Fsp3) is 0.357. The number of rotatable bonds is 3. The van der Waals surface area contributed by atoms with Crippen LogP contribution in [0.5, 0.6) is 0 Å². The number of carbonyl (C=O) groups is 3. The number of amides is 4. The topological polar surface area (TPSA) is 91.0 Å². The fourth-order valence-corrected chi connectivity index (χ4v) is 1.95. The van der Waals surface area contributed by atoms with Gasteiger partial charge in [-0.15, -0.1) is 0 Å². The van der Waals surface area contributed by atoms with E-state index in [1.54, 1.807) is 35.2 Å². The summed E-state index contributed by atoms with van der Waals surface area (Å²) in [4.78, 5) is 36.3. The number of carbonyl (C=O) groups excluding carboxylic acids is 3. The Balaban J connectivity index is 2.08. The van der Waals surface area contributed by atoms with E-state index in [1.807, 2.05) is 0 Å². The Labute approximate surface area is 128 Å². The van der Waals surface area contributed by atoms with Gasteiger partial charge in [0.2, 0.25) is 0 Å². The summed E-state index contributed by atoms with van der Waals surface area (Å²) >= 11 is 0. The molecule has 8 nitrogen and oxygen atoms in total. The number of nitrogens with one attached hydrogen (secondary N) is 2. The molecular formula is C14H18N4O4. The van der Waals surface area contributed by atoms with E-state index in [-0.39, 0.29) is 6.54 Å². The molecule has 8 heteroatoms. The van der Waals surface area contributed by atoms with E-state index in [0.29, 0.717) is 38.3 Å². The maximum atomic E-state index is 12.2. The third-order valence-corrected chi connectivity index (χ3v) is 3.06. The Hall–Kier alpha value is -2.61. The van der Waals surface area contributed by atoms with E-state index in [4.69, 9.17) is 4.74 Å². The van der Waals surface area contributed by atoms with Crippen molar-refractivity contribution in [2.24, 2.45) is 0 Å². The quantitative estimate of drug-likeness (QED) is 0.623. The predicted octanol–water partition coefficient (Wildman–Crippen LogP) is 0.358. The Morgan fingerprint density at radius 3 is 2.55 bits per heavy atom. The molecule has 0 spiro atoms. The number of hydrogen-bond acceptors (Lipinski definition) is 4. The summed E-state index contributed by atoms with van der Waals surface area (Å²) in [5.41, 5.74) is 3.04. The molecule has 0 aromatic heterocycles. The van der Waals surface area contributed by atoms with Crippen LogP contribution in [0.15, 0.2) is 30.3 Å². The number of anilines is 1. The molecule has 22 heavy (non-hydrogen) atoms. The van der Waals surface area contributed by atoms with E-state index in [1.165, 1.54) is 0 Å². The van der Waals surface area contributed by atoms with Gasteiger partial charge in [0.1, 0.15) is 6.29 Å². The summed E-state index contributed by atoms with van der Waals surface area (Å²) in [6.45, 7) is 1.73. The number of nitrogens with zero attached hydrogens (tertiary/aromatic N) is 2. The first kappa shape index (κ1) is 15.8. The van der Waals surface area contributed by atoms with E-state index in [9.17, 15) is 14.4 Å². The number of morpholine rings is 1. The first-order valence-electron chi connectivity index (χ1n) is 6.92. The van der Waals surface area contributed by atoms with Gasteiger partial charge in [-0.05, 0) is 12.1 Å². The smallest absolute Gasteiger partial charge is 0.341 e. The highest BCUT2D eigenvalue weighted by Crippen LogP contribution is 2.11. The minimum absolute atomic E-state index is 0.129. The molecule has 0 bridgehead atoms. The van der Waals surface area contributed by atoms with Crippen LogP contribution >= 0.6 is 0 Å². The second-order valence-corrected chi connectivity index (χ2v) is 4.54. The molecule has 0 radical (unpaired) electrons. The van der Waals surface area contributed by atoms with Crippen LogP contribution in [0.3, 0.4) is 0 Å². The molecule has 118 valence electrons. The lowest BCUT2D eigenvalue weighted by Gasteiger charge is -2.30. The number of ether oxygens (including phenoxy) is 1. The molecule has 4 amide bonds. The zero-order valence-electron chi connectivity index (χ0n) is 12.0. The molecule has 2 rings (SSSR count). The van der Waals surface area contributed by atoms with Crippen LogP contribution < -0.4 is 15.8 Å². The van der Waals surface area contributed by atoms with E-state index in [0.717, 1.165) is 5.01 Å². The highest BCUT2D eigenvalue weighted by molar-refractivity contribution is 5.95. The van der Waals surface area contributed by atoms with E-state index < -0.39 is 12.1 Å². The van der Waals surface area contributed by atoms with Crippen molar-refractivity contribution in [3.05, 3.63) is 30.3 Å². The lowest BCUT2D eigenvalue weighted by Crippen LogP contribution is -2.56. The van der Waals surface area contributed by atoms with Crippen molar-refractivity contribution in [3.63, 3.8) is 0 Å². The van der Waals surface area contributed by atoms with Crippen molar-refractivity contribution in [2.45, 2.75) is 0 Å². The number of hydrogen-bond donors (Lipinski definition) is 2. The summed E-state index contributed by atoms with van der Waals surface area (Å²) in [7, 11) is 0. The van der Waals surface area contributed by atoms with Crippen LogP contribution in [0.4, 0.5) is 15.3 Å². The third-order valence-electron chi connectivity index (χ3n) is 3.06. The Bertz CT molecular complexity index is 517. The van der Waals surface area contributed by atoms with E-state index >= 15 is 0 Å². The van der Waals surface area contributed by atoms with E-state index in [2.05, 4.69) is 10.7 Å². The van der Waals surface area contributed by atoms with Gasteiger partial charge < -0.3 is 19.7 Å². The average Bonchev–Trinajstić information content (AvgIpc) is 2.59. The van der Waals surface area contributed by atoms with Crippen molar-refractivity contribution >= 4 is 24.0 Å². The van der Waals surface area contributed by atoms with Crippen LogP contribution in [0.2, 0.25) is 0 Å². The van der Waals surface area contributed by atoms with Gasteiger partial charge in [0.15, 0.2) is 0 Å². The van der Waals surface area contributed by atoms with Gasteiger partial charge in [-0.25, -0.2) is 20.0 Å². The molecule has 1 aliphatic rings. The van der Waals surface area contributed by atoms with Crippen LogP contribution in [-0.2, 0) is 9.53 Å². The third kappa shape index (κ3) is 4.19. The standard InChI is InChI=1S/C14H18N4O4/c19-9-6-15-13(20)18(12-4-2-1-3-5-12)16-14(21)17-7-10-22-11-8-17/h1-5,9H,6-8,10-11H2,(H,15,20)(H,16,21). The zero-order valence-corrected chi connectivity index (χ0v) is 12.0. The maximum absolute atomic E-state index is 12.2. The molecular weight excluding hydrogens is 288 g/mol. The monoisotopic (exact) mass is 306 g/mol. The van der Waals surface area contributed by atoms with Gasteiger partial charge in [-0.1, -0.05) is 18.2 Å². The summed E-state index contributed by atoms with van der Waals surface area (Å²) in [6, 6.07) is 7.68. The van der Waals surface area contributed by atoms with Gasteiger partial charge in [0, 0.05) is 13.1 Å².